The molecule has 0 aliphatic carbocycles. The first kappa shape index (κ1) is 14.8. The van der Waals surface area contributed by atoms with E-state index < -0.39 is 0 Å². The van der Waals surface area contributed by atoms with Crippen LogP contribution in [0.3, 0.4) is 0 Å². The summed E-state index contributed by atoms with van der Waals surface area (Å²) in [5.41, 5.74) is 0.580. The molecule has 3 rings (SSSR count). The van der Waals surface area contributed by atoms with Gasteiger partial charge in [0.25, 0.3) is 5.91 Å². The van der Waals surface area contributed by atoms with Crippen LogP contribution in [0.4, 0.5) is 0 Å². The highest BCUT2D eigenvalue weighted by Gasteiger charge is 2.25. The lowest BCUT2D eigenvalue weighted by molar-refractivity contribution is 0.0599. The second-order valence-corrected chi connectivity index (χ2v) is 5.68. The topological polar surface area (TPSA) is 58.4 Å². The summed E-state index contributed by atoms with van der Waals surface area (Å²) in [6.07, 6.45) is 9.51. The van der Waals surface area contributed by atoms with Crippen LogP contribution in [0.1, 0.15) is 36.0 Å². The monoisotopic (exact) mass is 299 g/mol. The quantitative estimate of drug-likeness (QED) is 0.945. The summed E-state index contributed by atoms with van der Waals surface area (Å²) < 4.78 is 1.90. The van der Waals surface area contributed by atoms with Crippen LogP contribution in [0.25, 0.3) is 5.82 Å². The lowest BCUT2D eigenvalue weighted by atomic mass is 10.1. The first-order valence-electron chi connectivity index (χ1n) is 7.81. The Labute approximate surface area is 130 Å². The maximum atomic E-state index is 12.7. The molecule has 5 nitrogen and oxygen atoms in total. The minimum atomic E-state index is -0.0703. The largest absolute Gasteiger partial charge is 0.394 e. The highest BCUT2D eigenvalue weighted by atomic mass is 16.3. The molecule has 2 aromatic heterocycles. The van der Waals surface area contributed by atoms with Gasteiger partial charge in [-0.1, -0.05) is 12.8 Å². The highest BCUT2D eigenvalue weighted by Crippen LogP contribution is 2.19. The number of carbonyl (C=O) groups excluding carboxylic acids is 1. The Hall–Kier alpha value is -2.14. The number of hydrogen-bond donors (Lipinski definition) is 1. The van der Waals surface area contributed by atoms with E-state index in [1.807, 2.05) is 41.2 Å². The molecule has 1 aliphatic rings. The predicted molar refractivity (Wildman–Crippen MR) is 83.9 cm³/mol. The molecule has 116 valence electrons. The summed E-state index contributed by atoms with van der Waals surface area (Å²) in [5, 5.41) is 9.54. The molecule has 1 saturated heterocycles. The number of aliphatic hydroxyl groups excluding tert-OH is 1. The maximum Gasteiger partial charge on any atom is 0.255 e. The molecule has 0 bridgehead atoms. The van der Waals surface area contributed by atoms with E-state index in [1.54, 1.807) is 11.1 Å². The smallest absolute Gasteiger partial charge is 0.255 e. The van der Waals surface area contributed by atoms with Gasteiger partial charge in [0.05, 0.1) is 18.2 Å². The lowest BCUT2D eigenvalue weighted by Gasteiger charge is -2.28. The molecule has 1 atom stereocenters. The van der Waals surface area contributed by atoms with Gasteiger partial charge in [0.2, 0.25) is 0 Å². The Morgan fingerprint density at radius 3 is 2.73 bits per heavy atom. The van der Waals surface area contributed by atoms with Crippen molar-refractivity contribution in [3.05, 3.63) is 48.4 Å². The molecule has 2 aromatic rings. The Bertz CT molecular complexity index is 607. The third-order valence-corrected chi connectivity index (χ3v) is 4.21. The van der Waals surface area contributed by atoms with Gasteiger partial charge in [-0.15, -0.1) is 0 Å². The Balaban J connectivity index is 1.79. The molecule has 1 amide bonds. The minimum Gasteiger partial charge on any atom is -0.394 e. The summed E-state index contributed by atoms with van der Waals surface area (Å²) in [6, 6.07) is 7.45. The number of aliphatic hydroxyl groups is 1. The maximum absolute atomic E-state index is 12.7. The van der Waals surface area contributed by atoms with E-state index in [-0.39, 0.29) is 18.6 Å². The van der Waals surface area contributed by atoms with Crippen LogP contribution in [-0.4, -0.2) is 44.7 Å². The van der Waals surface area contributed by atoms with Crippen molar-refractivity contribution < 1.29 is 9.90 Å². The Morgan fingerprint density at radius 1 is 1.23 bits per heavy atom. The number of hydrogen-bond acceptors (Lipinski definition) is 3. The predicted octanol–water partition coefficient (Wildman–Crippen LogP) is 2.25. The van der Waals surface area contributed by atoms with Gasteiger partial charge in [-0.2, -0.15) is 0 Å². The molecule has 1 aliphatic heterocycles. The molecule has 0 aromatic carbocycles. The average Bonchev–Trinajstić information content (AvgIpc) is 2.99. The van der Waals surface area contributed by atoms with Crippen molar-refractivity contribution in [2.45, 2.75) is 31.7 Å². The van der Waals surface area contributed by atoms with Gasteiger partial charge in [0.15, 0.2) is 0 Å². The normalized spacial score (nSPS) is 19.0. The van der Waals surface area contributed by atoms with Crippen molar-refractivity contribution in [1.29, 1.82) is 0 Å². The van der Waals surface area contributed by atoms with Crippen LogP contribution in [-0.2, 0) is 0 Å². The second-order valence-electron chi connectivity index (χ2n) is 5.68. The number of carbonyl (C=O) groups is 1. The Kier molecular flexibility index (Phi) is 4.53. The molecule has 0 spiro atoms. The minimum absolute atomic E-state index is 0.0284. The standard InChI is InChI=1S/C17H21N3O2/c21-13-15-6-2-1-3-11-20(15)17(22)14-7-8-16(18-12-14)19-9-4-5-10-19/h4-5,7-10,12,15,21H,1-3,6,11,13H2. The fraction of sp³-hybridized carbons (Fsp3) is 0.412. The van der Waals surface area contributed by atoms with Crippen molar-refractivity contribution in [2.75, 3.05) is 13.2 Å². The zero-order valence-electron chi connectivity index (χ0n) is 12.6. The number of pyridine rings is 1. The summed E-state index contributed by atoms with van der Waals surface area (Å²) in [6.45, 7) is 0.740. The van der Waals surface area contributed by atoms with E-state index in [9.17, 15) is 9.90 Å². The molecule has 1 unspecified atom stereocenters. The van der Waals surface area contributed by atoms with Gasteiger partial charge in [-0.3, -0.25) is 4.79 Å². The molecule has 22 heavy (non-hydrogen) atoms. The molecular formula is C17H21N3O2. The molecule has 3 heterocycles. The van der Waals surface area contributed by atoms with E-state index in [2.05, 4.69) is 4.98 Å². The van der Waals surface area contributed by atoms with Crippen LogP contribution in [0.5, 0.6) is 0 Å². The van der Waals surface area contributed by atoms with Gasteiger partial charge >= 0.3 is 0 Å². The van der Waals surface area contributed by atoms with E-state index in [1.165, 1.54) is 0 Å². The lowest BCUT2D eigenvalue weighted by Crippen LogP contribution is -2.42. The molecule has 1 N–H and O–H groups in total. The number of nitrogens with zero attached hydrogens (tertiary/aromatic N) is 3. The van der Waals surface area contributed by atoms with E-state index in [0.717, 1.165) is 31.5 Å². The summed E-state index contributed by atoms with van der Waals surface area (Å²) >= 11 is 0. The molecule has 1 fully saturated rings. The van der Waals surface area contributed by atoms with Gasteiger partial charge in [-0.25, -0.2) is 4.98 Å². The summed E-state index contributed by atoms with van der Waals surface area (Å²) in [5.74, 6) is 0.753. The zero-order chi connectivity index (χ0) is 15.4. The van der Waals surface area contributed by atoms with Crippen molar-refractivity contribution >= 4 is 5.91 Å². The van der Waals surface area contributed by atoms with Crippen LogP contribution >= 0.6 is 0 Å². The van der Waals surface area contributed by atoms with Crippen LogP contribution in [0, 0.1) is 0 Å². The summed E-state index contributed by atoms with van der Waals surface area (Å²) in [4.78, 5) is 18.9. The van der Waals surface area contributed by atoms with Gasteiger partial charge in [0, 0.05) is 25.1 Å². The van der Waals surface area contributed by atoms with Gasteiger partial charge in [-0.05, 0) is 37.1 Å². The number of amides is 1. The molecule has 0 saturated carbocycles. The summed E-state index contributed by atoms with van der Waals surface area (Å²) in [7, 11) is 0. The second kappa shape index (κ2) is 6.75. The first-order chi connectivity index (χ1) is 10.8. The van der Waals surface area contributed by atoms with Gasteiger partial charge in [0.1, 0.15) is 5.82 Å². The zero-order valence-corrected chi connectivity index (χ0v) is 12.6. The van der Waals surface area contributed by atoms with Crippen molar-refractivity contribution in [3.63, 3.8) is 0 Å². The number of aromatic nitrogens is 2. The van der Waals surface area contributed by atoms with Crippen molar-refractivity contribution in [1.82, 2.24) is 14.5 Å². The van der Waals surface area contributed by atoms with E-state index in [0.29, 0.717) is 12.1 Å². The fourth-order valence-electron chi connectivity index (χ4n) is 2.95. The third kappa shape index (κ3) is 3.04. The average molecular weight is 299 g/mol. The third-order valence-electron chi connectivity index (χ3n) is 4.21. The first-order valence-corrected chi connectivity index (χ1v) is 7.81. The molecule has 5 heteroatoms. The molecular weight excluding hydrogens is 278 g/mol. The van der Waals surface area contributed by atoms with Crippen LogP contribution in [0.2, 0.25) is 0 Å². The SMILES string of the molecule is O=C(c1ccc(-n2cccc2)nc1)N1CCCCCC1CO. The van der Waals surface area contributed by atoms with E-state index in [4.69, 9.17) is 0 Å². The fourth-order valence-corrected chi connectivity index (χ4v) is 2.95. The molecule has 0 radical (unpaired) electrons. The van der Waals surface area contributed by atoms with Gasteiger partial charge < -0.3 is 14.6 Å². The van der Waals surface area contributed by atoms with Crippen molar-refractivity contribution in [2.24, 2.45) is 0 Å². The van der Waals surface area contributed by atoms with Crippen LogP contribution in [0.15, 0.2) is 42.9 Å². The van der Waals surface area contributed by atoms with E-state index >= 15 is 0 Å². The Morgan fingerprint density at radius 2 is 2.05 bits per heavy atom. The number of likely N-dealkylation sites (tertiary alicyclic amines) is 1. The van der Waals surface area contributed by atoms with Crippen molar-refractivity contribution in [3.8, 4) is 5.82 Å². The highest BCUT2D eigenvalue weighted by molar-refractivity contribution is 5.94. The van der Waals surface area contributed by atoms with Crippen LogP contribution < -0.4 is 0 Å². The number of rotatable bonds is 3.